The van der Waals surface area contributed by atoms with Crippen molar-refractivity contribution >= 4 is 5.78 Å². The Kier molecular flexibility index (Phi) is 4.95. The van der Waals surface area contributed by atoms with Crippen LogP contribution >= 0.6 is 0 Å². The number of benzene rings is 2. The van der Waals surface area contributed by atoms with E-state index in [1.807, 2.05) is 42.5 Å². The van der Waals surface area contributed by atoms with Crippen LogP contribution in [0.25, 0.3) is 0 Å². The van der Waals surface area contributed by atoms with Crippen LogP contribution in [-0.4, -0.2) is 5.78 Å². The van der Waals surface area contributed by atoms with Crippen molar-refractivity contribution in [1.29, 1.82) is 0 Å². The molecule has 2 aromatic carbocycles. The van der Waals surface area contributed by atoms with Crippen molar-refractivity contribution in [2.45, 2.75) is 46.0 Å². The summed E-state index contributed by atoms with van der Waals surface area (Å²) in [7, 11) is 0. The van der Waals surface area contributed by atoms with Gasteiger partial charge in [-0.15, -0.1) is 0 Å². The van der Waals surface area contributed by atoms with E-state index in [0.29, 0.717) is 18.3 Å². The Hall–Kier alpha value is -1.89. The molecule has 2 aromatic rings. The first kappa shape index (κ1) is 15.5. The van der Waals surface area contributed by atoms with Gasteiger partial charge in [-0.2, -0.15) is 0 Å². The van der Waals surface area contributed by atoms with Crippen molar-refractivity contribution in [3.63, 3.8) is 0 Å². The molecule has 1 radical (unpaired) electrons. The third-order valence-electron chi connectivity index (χ3n) is 3.68. The summed E-state index contributed by atoms with van der Waals surface area (Å²) in [6.07, 6.45) is 0.458. The lowest BCUT2D eigenvalue weighted by Crippen LogP contribution is -2.06. The number of rotatable bonds is 5. The molecule has 2 rings (SSSR count). The highest BCUT2D eigenvalue weighted by Crippen LogP contribution is 2.23. The van der Waals surface area contributed by atoms with Crippen LogP contribution in [0.2, 0.25) is 0 Å². The molecule has 0 heterocycles. The molecule has 0 saturated carbocycles. The fourth-order valence-electron chi connectivity index (χ4n) is 2.28. The third-order valence-corrected chi connectivity index (χ3v) is 3.68. The quantitative estimate of drug-likeness (QED) is 0.691. The average Bonchev–Trinajstić information content (AvgIpc) is 2.47. The van der Waals surface area contributed by atoms with E-state index in [-0.39, 0.29) is 5.78 Å². The van der Waals surface area contributed by atoms with Gasteiger partial charge in [-0.1, -0.05) is 58.0 Å². The highest BCUT2D eigenvalue weighted by Gasteiger charge is 2.13. The lowest BCUT2D eigenvalue weighted by atomic mass is 9.91. The van der Waals surface area contributed by atoms with Crippen molar-refractivity contribution in [3.05, 3.63) is 70.8 Å². The van der Waals surface area contributed by atoms with Gasteiger partial charge in [0, 0.05) is 12.0 Å². The Morgan fingerprint density at radius 1 is 0.952 bits per heavy atom. The molecule has 1 heteroatoms. The van der Waals surface area contributed by atoms with Gasteiger partial charge in [0.05, 0.1) is 0 Å². The molecule has 0 saturated heterocycles. The summed E-state index contributed by atoms with van der Waals surface area (Å²) in [6, 6.07) is 17.4. The summed E-state index contributed by atoms with van der Waals surface area (Å²) in [4.78, 5) is 12.5. The second kappa shape index (κ2) is 6.71. The minimum atomic E-state index is 0.180. The molecule has 0 aliphatic carbocycles. The highest BCUT2D eigenvalue weighted by molar-refractivity contribution is 5.97. The van der Waals surface area contributed by atoms with Gasteiger partial charge in [0.25, 0.3) is 0 Å². The van der Waals surface area contributed by atoms with Gasteiger partial charge >= 0.3 is 0 Å². The maximum Gasteiger partial charge on any atom is 0.167 e. The molecule has 0 fully saturated rings. The molecule has 0 aromatic heterocycles. The van der Waals surface area contributed by atoms with Gasteiger partial charge < -0.3 is 0 Å². The standard InChI is InChI=1S/C20H23O/c1-14(2)17-11-18(15(3)4)13-19(12-17)20(21)10-16-8-6-5-7-9-16/h5-9,12-15H,10H2,1-4H3. The normalized spacial score (nSPS) is 11.1. The topological polar surface area (TPSA) is 17.1 Å². The summed E-state index contributed by atoms with van der Waals surface area (Å²) >= 11 is 0. The number of carbonyl (C=O) groups is 1. The van der Waals surface area contributed by atoms with E-state index < -0.39 is 0 Å². The molecule has 0 unspecified atom stereocenters. The molecule has 1 nitrogen and oxygen atoms in total. The van der Waals surface area contributed by atoms with Crippen LogP contribution in [0, 0.1) is 6.07 Å². The van der Waals surface area contributed by atoms with E-state index in [4.69, 9.17) is 0 Å². The van der Waals surface area contributed by atoms with Crippen molar-refractivity contribution in [2.75, 3.05) is 0 Å². The van der Waals surface area contributed by atoms with E-state index in [2.05, 4.69) is 33.8 Å². The van der Waals surface area contributed by atoms with Gasteiger partial charge in [0.2, 0.25) is 0 Å². The molecule has 0 amide bonds. The molecule has 0 atom stereocenters. The SMILES string of the molecule is CC(C)c1[c]c(C(C)C)cc(C(=O)Cc2ccccc2)c1. The summed E-state index contributed by atoms with van der Waals surface area (Å²) in [5.74, 6) is 0.943. The molecule has 0 bridgehead atoms. The first-order chi connectivity index (χ1) is 9.97. The summed E-state index contributed by atoms with van der Waals surface area (Å²) < 4.78 is 0. The zero-order valence-electron chi connectivity index (χ0n) is 13.3. The van der Waals surface area contributed by atoms with Gasteiger partial charge in [0.15, 0.2) is 5.78 Å². The number of ketones is 1. The minimum Gasteiger partial charge on any atom is -0.294 e. The van der Waals surface area contributed by atoms with E-state index in [0.717, 1.165) is 22.3 Å². The molecule has 0 aliphatic heterocycles. The maximum absolute atomic E-state index is 12.5. The Morgan fingerprint density at radius 3 is 1.95 bits per heavy atom. The third kappa shape index (κ3) is 4.04. The Morgan fingerprint density at radius 2 is 1.48 bits per heavy atom. The minimum absolute atomic E-state index is 0.180. The maximum atomic E-state index is 12.5. The summed E-state index contributed by atoms with van der Waals surface area (Å²) in [5.41, 5.74) is 4.12. The van der Waals surface area contributed by atoms with Crippen LogP contribution in [0.3, 0.4) is 0 Å². The van der Waals surface area contributed by atoms with Crippen LogP contribution in [0.1, 0.15) is 66.6 Å². The molecular weight excluding hydrogens is 256 g/mol. The van der Waals surface area contributed by atoms with Gasteiger partial charge in [0.1, 0.15) is 0 Å². The molecule has 0 N–H and O–H groups in total. The van der Waals surface area contributed by atoms with Gasteiger partial charge in [-0.05, 0) is 46.7 Å². The summed E-state index contributed by atoms with van der Waals surface area (Å²) in [6.45, 7) is 8.56. The predicted octanol–water partition coefficient (Wildman–Crippen LogP) is 5.16. The molecule has 0 aliphatic rings. The monoisotopic (exact) mass is 279 g/mol. The van der Waals surface area contributed by atoms with Crippen LogP contribution in [0.15, 0.2) is 42.5 Å². The largest absolute Gasteiger partial charge is 0.294 e. The van der Waals surface area contributed by atoms with Crippen LogP contribution < -0.4 is 0 Å². The van der Waals surface area contributed by atoms with Crippen LogP contribution in [-0.2, 0) is 6.42 Å². The van der Waals surface area contributed by atoms with E-state index in [1.165, 1.54) is 0 Å². The second-order valence-electron chi connectivity index (χ2n) is 6.17. The van der Waals surface area contributed by atoms with Crippen molar-refractivity contribution in [2.24, 2.45) is 0 Å². The summed E-state index contributed by atoms with van der Waals surface area (Å²) in [5, 5.41) is 0. The Labute approximate surface area is 128 Å². The van der Waals surface area contributed by atoms with Crippen molar-refractivity contribution in [1.82, 2.24) is 0 Å². The zero-order valence-corrected chi connectivity index (χ0v) is 13.3. The highest BCUT2D eigenvalue weighted by atomic mass is 16.1. The fourth-order valence-corrected chi connectivity index (χ4v) is 2.28. The molecule has 0 spiro atoms. The first-order valence-electron chi connectivity index (χ1n) is 7.61. The number of hydrogen-bond acceptors (Lipinski definition) is 1. The second-order valence-corrected chi connectivity index (χ2v) is 6.17. The first-order valence-corrected chi connectivity index (χ1v) is 7.61. The van der Waals surface area contributed by atoms with Crippen molar-refractivity contribution < 1.29 is 4.79 Å². The predicted molar refractivity (Wildman–Crippen MR) is 87.9 cm³/mol. The van der Waals surface area contributed by atoms with Gasteiger partial charge in [-0.3, -0.25) is 4.79 Å². The zero-order chi connectivity index (χ0) is 15.4. The number of Topliss-reactive ketones (excluding diaryl/α,β-unsaturated/α-hetero) is 1. The Balaban J connectivity index is 2.31. The molecular formula is C20H23O. The molecule has 109 valence electrons. The lowest BCUT2D eigenvalue weighted by molar-refractivity contribution is 0.0993. The lowest BCUT2D eigenvalue weighted by Gasteiger charge is -2.13. The number of carbonyl (C=O) groups excluding carboxylic acids is 1. The van der Waals surface area contributed by atoms with Crippen LogP contribution in [0.4, 0.5) is 0 Å². The van der Waals surface area contributed by atoms with Crippen LogP contribution in [0.5, 0.6) is 0 Å². The Bertz CT molecular complexity index is 583. The fraction of sp³-hybridized carbons (Fsp3) is 0.350. The van der Waals surface area contributed by atoms with Crippen molar-refractivity contribution in [3.8, 4) is 0 Å². The average molecular weight is 279 g/mol. The van der Waals surface area contributed by atoms with E-state index in [1.54, 1.807) is 0 Å². The van der Waals surface area contributed by atoms with E-state index >= 15 is 0 Å². The number of hydrogen-bond donors (Lipinski definition) is 0. The smallest absolute Gasteiger partial charge is 0.167 e. The van der Waals surface area contributed by atoms with Gasteiger partial charge in [-0.25, -0.2) is 0 Å². The van der Waals surface area contributed by atoms with E-state index in [9.17, 15) is 4.79 Å². The molecule has 21 heavy (non-hydrogen) atoms.